The third-order valence-corrected chi connectivity index (χ3v) is 4.20. The summed E-state index contributed by atoms with van der Waals surface area (Å²) in [4.78, 5) is 12.0. The van der Waals surface area contributed by atoms with Gasteiger partial charge in [-0.3, -0.25) is 0 Å². The molecule has 0 radical (unpaired) electrons. The van der Waals surface area contributed by atoms with Crippen molar-refractivity contribution in [1.29, 1.82) is 5.26 Å². The molecule has 0 bridgehead atoms. The van der Waals surface area contributed by atoms with Crippen LogP contribution in [0.25, 0.3) is 5.69 Å². The van der Waals surface area contributed by atoms with E-state index >= 15 is 0 Å². The summed E-state index contributed by atoms with van der Waals surface area (Å²) < 4.78 is 11.9. The second kappa shape index (κ2) is 6.46. The van der Waals surface area contributed by atoms with Crippen LogP contribution < -0.4 is 10.5 Å². The number of nitriles is 1. The quantitative estimate of drug-likeness (QED) is 0.840. The molecule has 2 aromatic rings. The highest BCUT2D eigenvalue weighted by atomic mass is 35.5. The van der Waals surface area contributed by atoms with Gasteiger partial charge in [0, 0.05) is 11.9 Å². The van der Waals surface area contributed by atoms with Gasteiger partial charge in [0.25, 0.3) is 0 Å². The summed E-state index contributed by atoms with van der Waals surface area (Å²) in [5.41, 5.74) is 6.84. The van der Waals surface area contributed by atoms with Gasteiger partial charge in [-0.2, -0.15) is 5.26 Å². The normalized spacial score (nSPS) is 13.4. The number of anilines is 1. The molecular weight excluding hydrogens is 330 g/mol. The number of carbonyl (C=O) groups is 1. The van der Waals surface area contributed by atoms with E-state index in [-0.39, 0.29) is 16.9 Å². The number of carbonyl (C=O) groups excluding carboxylic acids is 1. The lowest BCUT2D eigenvalue weighted by molar-refractivity contribution is 0.0593. The topological polar surface area (TPSA) is 90.3 Å². The Morgan fingerprint density at radius 1 is 1.50 bits per heavy atom. The molecule has 1 saturated carbocycles. The number of halogens is 1. The first-order chi connectivity index (χ1) is 11.5. The van der Waals surface area contributed by atoms with Gasteiger partial charge in [0.05, 0.1) is 30.0 Å². The lowest BCUT2D eigenvalue weighted by atomic mass is 10.2. The number of methoxy groups -OCH3 is 1. The van der Waals surface area contributed by atoms with Gasteiger partial charge in [0.15, 0.2) is 5.69 Å². The Bertz CT molecular complexity index is 834. The predicted octanol–water partition coefficient (Wildman–Crippen LogP) is 3.16. The number of ether oxygens (including phenoxy) is 2. The molecule has 0 saturated heterocycles. The number of esters is 1. The zero-order valence-electron chi connectivity index (χ0n) is 13.1. The summed E-state index contributed by atoms with van der Waals surface area (Å²) in [7, 11) is 1.26. The zero-order chi connectivity index (χ0) is 17.3. The Balaban J connectivity index is 1.97. The summed E-state index contributed by atoms with van der Waals surface area (Å²) in [6, 6.07) is 7.11. The van der Waals surface area contributed by atoms with Crippen molar-refractivity contribution in [3.05, 3.63) is 40.7 Å². The second-order valence-corrected chi connectivity index (χ2v) is 6.05. The van der Waals surface area contributed by atoms with Crippen LogP contribution in [-0.4, -0.2) is 24.3 Å². The SMILES string of the molecule is COC(=O)c1c(N)c(C#N)cn1-c1ccc(OCC2CC2)c(Cl)c1. The fourth-order valence-corrected chi connectivity index (χ4v) is 2.60. The smallest absolute Gasteiger partial charge is 0.357 e. The van der Waals surface area contributed by atoms with Crippen LogP contribution in [0.4, 0.5) is 5.69 Å². The number of hydrogen-bond donors (Lipinski definition) is 1. The van der Waals surface area contributed by atoms with Crippen LogP contribution in [0, 0.1) is 17.2 Å². The highest BCUT2D eigenvalue weighted by molar-refractivity contribution is 6.32. The number of nitrogen functional groups attached to an aromatic ring is 1. The van der Waals surface area contributed by atoms with Crippen molar-refractivity contribution in [3.63, 3.8) is 0 Å². The van der Waals surface area contributed by atoms with E-state index in [4.69, 9.17) is 32.1 Å². The van der Waals surface area contributed by atoms with Gasteiger partial charge < -0.3 is 19.8 Å². The molecule has 7 heteroatoms. The Morgan fingerprint density at radius 3 is 2.83 bits per heavy atom. The van der Waals surface area contributed by atoms with Gasteiger partial charge >= 0.3 is 5.97 Å². The maximum atomic E-state index is 12.0. The van der Waals surface area contributed by atoms with Crippen molar-refractivity contribution in [3.8, 4) is 17.5 Å². The van der Waals surface area contributed by atoms with Gasteiger partial charge in [0.2, 0.25) is 0 Å². The van der Waals surface area contributed by atoms with Crippen molar-refractivity contribution in [2.75, 3.05) is 19.5 Å². The van der Waals surface area contributed by atoms with E-state index in [9.17, 15) is 4.79 Å². The number of nitrogens with two attached hydrogens (primary N) is 1. The second-order valence-electron chi connectivity index (χ2n) is 5.65. The highest BCUT2D eigenvalue weighted by Gasteiger charge is 2.23. The van der Waals surface area contributed by atoms with Gasteiger partial charge in [-0.05, 0) is 37.0 Å². The summed E-state index contributed by atoms with van der Waals surface area (Å²) >= 11 is 6.28. The number of rotatable bonds is 5. The molecule has 2 N–H and O–H groups in total. The minimum absolute atomic E-state index is 0.0783. The van der Waals surface area contributed by atoms with Crippen molar-refractivity contribution < 1.29 is 14.3 Å². The molecule has 24 heavy (non-hydrogen) atoms. The van der Waals surface area contributed by atoms with Crippen molar-refractivity contribution in [1.82, 2.24) is 4.57 Å². The first-order valence-corrected chi connectivity index (χ1v) is 7.85. The van der Waals surface area contributed by atoms with Gasteiger partial charge in [-0.1, -0.05) is 11.6 Å². The first-order valence-electron chi connectivity index (χ1n) is 7.47. The summed E-state index contributed by atoms with van der Waals surface area (Å²) in [5, 5.41) is 9.57. The molecule has 6 nitrogen and oxygen atoms in total. The van der Waals surface area contributed by atoms with Crippen LogP contribution >= 0.6 is 11.6 Å². The standard InChI is InChI=1S/C17H16ClN3O3/c1-23-17(22)16-15(20)11(7-19)8-21(16)12-4-5-14(13(18)6-12)24-9-10-2-3-10/h4-6,8,10H,2-3,9,20H2,1H3. The predicted molar refractivity (Wildman–Crippen MR) is 89.5 cm³/mol. The Labute approximate surface area is 144 Å². The van der Waals surface area contributed by atoms with Crippen molar-refractivity contribution in [2.45, 2.75) is 12.8 Å². The molecule has 1 aliphatic rings. The lowest BCUT2D eigenvalue weighted by Gasteiger charge is -2.12. The van der Waals surface area contributed by atoms with Crippen LogP contribution in [-0.2, 0) is 4.74 Å². The van der Waals surface area contributed by atoms with Gasteiger partial charge in [0.1, 0.15) is 11.8 Å². The molecule has 0 aliphatic heterocycles. The minimum atomic E-state index is -0.626. The zero-order valence-corrected chi connectivity index (χ0v) is 13.8. The van der Waals surface area contributed by atoms with Crippen LogP contribution in [0.15, 0.2) is 24.4 Å². The molecule has 124 valence electrons. The summed E-state index contributed by atoms with van der Waals surface area (Å²) in [6.07, 6.45) is 3.87. The number of nitrogens with zero attached hydrogens (tertiary/aromatic N) is 2. The maximum Gasteiger partial charge on any atom is 0.357 e. The summed E-state index contributed by atoms with van der Waals surface area (Å²) in [6.45, 7) is 0.654. The average molecular weight is 346 g/mol. The number of aromatic nitrogens is 1. The third-order valence-electron chi connectivity index (χ3n) is 3.91. The molecule has 0 spiro atoms. The number of hydrogen-bond acceptors (Lipinski definition) is 5. The molecule has 1 heterocycles. The van der Waals surface area contributed by atoms with Crippen LogP contribution in [0.5, 0.6) is 5.75 Å². The minimum Gasteiger partial charge on any atom is -0.492 e. The number of benzene rings is 1. The molecule has 0 amide bonds. The van der Waals surface area contributed by atoms with Crippen LogP contribution in [0.2, 0.25) is 5.02 Å². The van der Waals surface area contributed by atoms with Gasteiger partial charge in [-0.15, -0.1) is 0 Å². The van der Waals surface area contributed by atoms with E-state index in [0.717, 1.165) is 0 Å². The van der Waals surface area contributed by atoms with E-state index in [1.807, 2.05) is 6.07 Å². The molecule has 1 aromatic carbocycles. The Morgan fingerprint density at radius 2 is 2.25 bits per heavy atom. The molecule has 0 atom stereocenters. The average Bonchev–Trinajstić information content (AvgIpc) is 3.35. The van der Waals surface area contributed by atoms with Crippen LogP contribution in [0.3, 0.4) is 0 Å². The fourth-order valence-electron chi connectivity index (χ4n) is 2.37. The first kappa shape index (κ1) is 16.2. The fraction of sp³-hybridized carbons (Fsp3) is 0.294. The molecule has 1 aromatic heterocycles. The highest BCUT2D eigenvalue weighted by Crippen LogP contribution is 2.33. The maximum absolute atomic E-state index is 12.0. The van der Waals surface area contributed by atoms with E-state index in [1.165, 1.54) is 30.7 Å². The summed E-state index contributed by atoms with van der Waals surface area (Å²) in [5.74, 6) is 0.584. The monoisotopic (exact) mass is 345 g/mol. The molecule has 1 fully saturated rings. The van der Waals surface area contributed by atoms with E-state index in [0.29, 0.717) is 29.0 Å². The molecule has 1 aliphatic carbocycles. The lowest BCUT2D eigenvalue weighted by Crippen LogP contribution is -2.11. The van der Waals surface area contributed by atoms with E-state index in [2.05, 4.69) is 0 Å². The molecule has 0 unspecified atom stereocenters. The Kier molecular flexibility index (Phi) is 4.36. The third kappa shape index (κ3) is 3.03. The van der Waals surface area contributed by atoms with Crippen LogP contribution in [0.1, 0.15) is 28.9 Å². The van der Waals surface area contributed by atoms with E-state index in [1.54, 1.807) is 18.2 Å². The largest absolute Gasteiger partial charge is 0.492 e. The van der Waals surface area contributed by atoms with Crippen molar-refractivity contribution in [2.24, 2.45) is 5.92 Å². The Hall–Kier alpha value is -2.65. The van der Waals surface area contributed by atoms with Gasteiger partial charge in [-0.25, -0.2) is 4.79 Å². The molecular formula is C17H16ClN3O3. The molecule has 3 rings (SSSR count). The van der Waals surface area contributed by atoms with Crippen molar-refractivity contribution >= 4 is 23.3 Å². The van der Waals surface area contributed by atoms with E-state index < -0.39 is 5.97 Å².